The summed E-state index contributed by atoms with van der Waals surface area (Å²) in [7, 11) is 1.65. The van der Waals surface area contributed by atoms with E-state index in [1.54, 1.807) is 25.4 Å². The molecule has 28 heavy (non-hydrogen) atoms. The fraction of sp³-hybridized carbons (Fsp3) is 0.0870. The summed E-state index contributed by atoms with van der Waals surface area (Å²) in [5, 5.41) is 0.558. The molecule has 2 aromatic heterocycles. The van der Waals surface area contributed by atoms with Gasteiger partial charge in [-0.15, -0.1) is 0 Å². The zero-order valence-corrected chi connectivity index (χ0v) is 15.7. The van der Waals surface area contributed by atoms with E-state index in [4.69, 9.17) is 9.72 Å². The molecule has 138 valence electrons. The van der Waals surface area contributed by atoms with E-state index in [0.717, 1.165) is 16.9 Å². The molecule has 0 spiro atoms. The van der Waals surface area contributed by atoms with Crippen LogP contribution in [0.4, 0.5) is 0 Å². The Bertz CT molecular complexity index is 1230. The van der Waals surface area contributed by atoms with Crippen molar-refractivity contribution in [2.45, 2.75) is 6.92 Å². The number of benzene rings is 2. The monoisotopic (exact) mass is 369 g/mol. The first-order valence-electron chi connectivity index (χ1n) is 8.94. The smallest absolute Gasteiger partial charge is 0.267 e. The number of ether oxygens (including phenoxy) is 1. The van der Waals surface area contributed by atoms with Crippen LogP contribution < -0.4 is 10.3 Å². The van der Waals surface area contributed by atoms with Gasteiger partial charge in [0.1, 0.15) is 17.4 Å². The standard InChI is InChI=1S/C23H19N3O2/c1-16-17(8-7-11-20(16)28-2)13-14-22-25-19-10-4-3-9-18(19)23(27)26(22)21-12-5-6-15-24-21/h3-15H,1-2H3/b14-13+. The van der Waals surface area contributed by atoms with Crippen molar-refractivity contribution in [2.75, 3.05) is 7.11 Å². The van der Waals surface area contributed by atoms with Gasteiger partial charge in [-0.2, -0.15) is 0 Å². The van der Waals surface area contributed by atoms with Crippen LogP contribution in [0.15, 0.2) is 71.7 Å². The van der Waals surface area contributed by atoms with Crippen LogP contribution in [0.25, 0.3) is 28.9 Å². The highest BCUT2D eigenvalue weighted by atomic mass is 16.5. The van der Waals surface area contributed by atoms with Crippen molar-refractivity contribution in [3.8, 4) is 11.6 Å². The summed E-state index contributed by atoms with van der Waals surface area (Å²) in [6.45, 7) is 2.00. The van der Waals surface area contributed by atoms with Crippen LogP contribution in [0.5, 0.6) is 5.75 Å². The summed E-state index contributed by atoms with van der Waals surface area (Å²) >= 11 is 0. The van der Waals surface area contributed by atoms with E-state index < -0.39 is 0 Å². The summed E-state index contributed by atoms with van der Waals surface area (Å²) in [6, 6.07) is 18.7. The Morgan fingerprint density at radius 3 is 2.57 bits per heavy atom. The van der Waals surface area contributed by atoms with Gasteiger partial charge in [-0.3, -0.25) is 4.79 Å². The minimum atomic E-state index is -0.147. The number of rotatable bonds is 4. The predicted molar refractivity (Wildman–Crippen MR) is 112 cm³/mol. The number of aromatic nitrogens is 3. The summed E-state index contributed by atoms with van der Waals surface area (Å²) in [5.41, 5.74) is 2.52. The molecule has 0 aliphatic heterocycles. The molecular formula is C23H19N3O2. The maximum Gasteiger partial charge on any atom is 0.267 e. The SMILES string of the molecule is COc1cccc(/C=C/c2nc3ccccc3c(=O)n2-c2ccccn2)c1C. The van der Waals surface area contributed by atoms with Crippen LogP contribution >= 0.6 is 0 Å². The molecule has 0 bridgehead atoms. The number of hydrogen-bond acceptors (Lipinski definition) is 4. The lowest BCUT2D eigenvalue weighted by Gasteiger charge is -2.11. The molecule has 0 unspecified atom stereocenters. The van der Waals surface area contributed by atoms with Crippen molar-refractivity contribution in [1.29, 1.82) is 0 Å². The molecule has 4 rings (SSSR count). The fourth-order valence-corrected chi connectivity index (χ4v) is 3.17. The first-order valence-corrected chi connectivity index (χ1v) is 8.94. The number of fused-ring (bicyclic) bond motifs is 1. The Kier molecular flexibility index (Phi) is 4.72. The molecule has 2 heterocycles. The largest absolute Gasteiger partial charge is 0.496 e. The van der Waals surface area contributed by atoms with E-state index >= 15 is 0 Å². The highest BCUT2D eigenvalue weighted by Crippen LogP contribution is 2.23. The third-order valence-electron chi connectivity index (χ3n) is 4.64. The molecular weight excluding hydrogens is 350 g/mol. The Hall–Kier alpha value is -3.73. The van der Waals surface area contributed by atoms with Crippen molar-refractivity contribution in [3.05, 3.63) is 94.2 Å². The van der Waals surface area contributed by atoms with E-state index in [1.807, 2.05) is 67.6 Å². The van der Waals surface area contributed by atoms with Gasteiger partial charge in [0.05, 0.1) is 18.0 Å². The zero-order valence-electron chi connectivity index (χ0n) is 15.7. The number of methoxy groups -OCH3 is 1. The van der Waals surface area contributed by atoms with E-state index in [1.165, 1.54) is 4.57 Å². The molecule has 0 aliphatic rings. The quantitative estimate of drug-likeness (QED) is 0.539. The summed E-state index contributed by atoms with van der Waals surface area (Å²) in [5.74, 6) is 1.87. The van der Waals surface area contributed by atoms with Crippen LogP contribution in [0.2, 0.25) is 0 Å². The van der Waals surface area contributed by atoms with E-state index in [9.17, 15) is 4.79 Å². The van der Waals surface area contributed by atoms with Crippen molar-refractivity contribution in [3.63, 3.8) is 0 Å². The van der Waals surface area contributed by atoms with Crippen LogP contribution in [-0.4, -0.2) is 21.6 Å². The third-order valence-corrected chi connectivity index (χ3v) is 4.64. The molecule has 5 heteroatoms. The van der Waals surface area contributed by atoms with Gasteiger partial charge in [-0.05, 0) is 54.5 Å². The molecule has 2 aromatic carbocycles. The lowest BCUT2D eigenvalue weighted by molar-refractivity contribution is 0.411. The molecule has 0 amide bonds. The Morgan fingerprint density at radius 2 is 1.79 bits per heavy atom. The second-order valence-corrected chi connectivity index (χ2v) is 6.32. The normalized spacial score (nSPS) is 11.2. The molecule has 0 saturated heterocycles. The number of hydrogen-bond donors (Lipinski definition) is 0. The van der Waals surface area contributed by atoms with E-state index in [0.29, 0.717) is 22.5 Å². The molecule has 5 nitrogen and oxygen atoms in total. The minimum absolute atomic E-state index is 0.147. The lowest BCUT2D eigenvalue weighted by Crippen LogP contribution is -2.23. The average molecular weight is 369 g/mol. The third kappa shape index (κ3) is 3.18. The van der Waals surface area contributed by atoms with Crippen LogP contribution in [0.1, 0.15) is 17.0 Å². The molecule has 0 fully saturated rings. The van der Waals surface area contributed by atoms with Gasteiger partial charge < -0.3 is 4.74 Å². The van der Waals surface area contributed by atoms with Crippen molar-refractivity contribution in [1.82, 2.24) is 14.5 Å². The molecule has 0 saturated carbocycles. The fourth-order valence-electron chi connectivity index (χ4n) is 3.17. The molecule has 0 atom stereocenters. The van der Waals surface area contributed by atoms with Crippen molar-refractivity contribution >= 4 is 23.1 Å². The second-order valence-electron chi connectivity index (χ2n) is 6.32. The highest BCUT2D eigenvalue weighted by molar-refractivity contribution is 5.80. The van der Waals surface area contributed by atoms with Crippen LogP contribution in [0, 0.1) is 6.92 Å². The summed E-state index contributed by atoms with van der Waals surface area (Å²) in [4.78, 5) is 22.2. The van der Waals surface area contributed by atoms with Gasteiger partial charge in [0.2, 0.25) is 0 Å². The van der Waals surface area contributed by atoms with Gasteiger partial charge in [0.25, 0.3) is 5.56 Å². The van der Waals surface area contributed by atoms with Gasteiger partial charge in [0, 0.05) is 6.20 Å². The first-order chi connectivity index (χ1) is 13.7. The maximum absolute atomic E-state index is 13.2. The van der Waals surface area contributed by atoms with Gasteiger partial charge >= 0.3 is 0 Å². The molecule has 0 aliphatic carbocycles. The van der Waals surface area contributed by atoms with Gasteiger partial charge in [0.15, 0.2) is 0 Å². The summed E-state index contributed by atoms with van der Waals surface area (Å²) in [6.07, 6.45) is 5.44. The van der Waals surface area contributed by atoms with Gasteiger partial charge in [-0.25, -0.2) is 14.5 Å². The van der Waals surface area contributed by atoms with E-state index in [-0.39, 0.29) is 5.56 Å². The number of para-hydroxylation sites is 1. The number of pyridine rings is 1. The Labute approximate surface area is 162 Å². The molecule has 0 radical (unpaired) electrons. The maximum atomic E-state index is 13.2. The minimum Gasteiger partial charge on any atom is -0.496 e. The summed E-state index contributed by atoms with van der Waals surface area (Å²) < 4.78 is 6.93. The van der Waals surface area contributed by atoms with Gasteiger partial charge in [-0.1, -0.05) is 36.4 Å². The van der Waals surface area contributed by atoms with Crippen molar-refractivity contribution < 1.29 is 4.74 Å². The topological polar surface area (TPSA) is 57.0 Å². The second kappa shape index (κ2) is 7.48. The Morgan fingerprint density at radius 1 is 0.964 bits per heavy atom. The lowest BCUT2D eigenvalue weighted by atomic mass is 10.1. The average Bonchev–Trinajstić information content (AvgIpc) is 2.74. The van der Waals surface area contributed by atoms with Crippen LogP contribution in [-0.2, 0) is 0 Å². The highest BCUT2D eigenvalue weighted by Gasteiger charge is 2.11. The molecule has 0 N–H and O–H groups in total. The molecule has 4 aromatic rings. The number of nitrogens with zero attached hydrogens (tertiary/aromatic N) is 3. The van der Waals surface area contributed by atoms with Crippen LogP contribution in [0.3, 0.4) is 0 Å². The zero-order chi connectivity index (χ0) is 19.5. The predicted octanol–water partition coefficient (Wildman–Crippen LogP) is 4.27. The first kappa shape index (κ1) is 17.7. The van der Waals surface area contributed by atoms with Crippen molar-refractivity contribution in [2.24, 2.45) is 0 Å². The Balaban J connectivity index is 1.92. The van der Waals surface area contributed by atoms with E-state index in [2.05, 4.69) is 4.98 Å².